The van der Waals surface area contributed by atoms with Crippen molar-refractivity contribution in [2.45, 2.75) is 0 Å². The van der Waals surface area contributed by atoms with Crippen LogP contribution >= 0.6 is 0 Å². The Balaban J connectivity index is 1.81. The SMILES string of the molecule is Cn1ccc(NC(=O)c2cn(C)nc2C(=O)Nc2ccn(C)n2)n1. The standard InChI is InChI=1S/C14H16N8O2/c1-20-6-4-10(17-20)15-13(23)9-8-22(3)19-12(9)14(24)16-11-5-7-21(2)18-11/h4-8H,1-3H3,(H,15,17,23)(H,16,18,24). The molecule has 0 aliphatic rings. The number of amides is 2. The van der Waals surface area contributed by atoms with Gasteiger partial charge in [0.25, 0.3) is 11.8 Å². The summed E-state index contributed by atoms with van der Waals surface area (Å²) < 4.78 is 4.52. The van der Waals surface area contributed by atoms with Crippen LogP contribution in [0.15, 0.2) is 30.7 Å². The number of carbonyl (C=O) groups is 2. The molecule has 0 bridgehead atoms. The van der Waals surface area contributed by atoms with Crippen molar-refractivity contribution in [2.24, 2.45) is 21.1 Å². The lowest BCUT2D eigenvalue weighted by molar-refractivity contribution is 0.0987. The van der Waals surface area contributed by atoms with E-state index in [9.17, 15) is 9.59 Å². The normalized spacial score (nSPS) is 10.6. The van der Waals surface area contributed by atoms with Crippen LogP contribution in [0.25, 0.3) is 0 Å². The summed E-state index contributed by atoms with van der Waals surface area (Å²) in [4.78, 5) is 24.8. The Bertz CT molecular complexity index is 832. The second kappa shape index (κ2) is 5.99. The average molecular weight is 328 g/mol. The monoisotopic (exact) mass is 328 g/mol. The Morgan fingerprint density at radius 2 is 1.38 bits per heavy atom. The van der Waals surface area contributed by atoms with Crippen LogP contribution in [0, 0.1) is 0 Å². The molecule has 0 saturated carbocycles. The van der Waals surface area contributed by atoms with Crippen LogP contribution in [0.4, 0.5) is 11.6 Å². The van der Waals surface area contributed by atoms with Gasteiger partial charge in [-0.25, -0.2) is 0 Å². The number of aryl methyl sites for hydroxylation is 3. The molecule has 0 aromatic carbocycles. The van der Waals surface area contributed by atoms with Crippen molar-refractivity contribution in [1.82, 2.24) is 29.3 Å². The molecule has 2 amide bonds. The summed E-state index contributed by atoms with van der Waals surface area (Å²) in [6.07, 6.45) is 4.88. The molecule has 0 aliphatic heterocycles. The largest absolute Gasteiger partial charge is 0.305 e. The Morgan fingerprint density at radius 1 is 0.833 bits per heavy atom. The van der Waals surface area contributed by atoms with Crippen molar-refractivity contribution < 1.29 is 9.59 Å². The lowest BCUT2D eigenvalue weighted by atomic mass is 10.2. The van der Waals surface area contributed by atoms with Gasteiger partial charge in [0.2, 0.25) is 0 Å². The average Bonchev–Trinajstić information content (AvgIpc) is 3.20. The van der Waals surface area contributed by atoms with Crippen LogP contribution in [0.2, 0.25) is 0 Å². The maximum absolute atomic E-state index is 12.4. The van der Waals surface area contributed by atoms with E-state index in [1.807, 2.05) is 0 Å². The third-order valence-electron chi connectivity index (χ3n) is 3.20. The highest BCUT2D eigenvalue weighted by Crippen LogP contribution is 2.12. The molecule has 0 fully saturated rings. The van der Waals surface area contributed by atoms with Gasteiger partial charge in [-0.1, -0.05) is 0 Å². The molecule has 0 radical (unpaired) electrons. The molecule has 24 heavy (non-hydrogen) atoms. The van der Waals surface area contributed by atoms with Crippen LogP contribution in [-0.2, 0) is 21.1 Å². The van der Waals surface area contributed by atoms with Crippen molar-refractivity contribution in [3.63, 3.8) is 0 Å². The summed E-state index contributed by atoms with van der Waals surface area (Å²) in [7, 11) is 5.11. The molecule has 0 saturated heterocycles. The number of anilines is 2. The van der Waals surface area contributed by atoms with Gasteiger partial charge in [0.15, 0.2) is 17.3 Å². The first-order chi connectivity index (χ1) is 11.4. The molecular formula is C14H16N8O2. The molecule has 3 aromatic rings. The second-order valence-corrected chi connectivity index (χ2v) is 5.22. The Kier molecular flexibility index (Phi) is 3.86. The zero-order valence-electron chi connectivity index (χ0n) is 13.4. The molecule has 2 N–H and O–H groups in total. The van der Waals surface area contributed by atoms with Crippen LogP contribution in [-0.4, -0.2) is 41.2 Å². The number of nitrogens with zero attached hydrogens (tertiary/aromatic N) is 6. The molecular weight excluding hydrogens is 312 g/mol. The van der Waals surface area contributed by atoms with Crippen LogP contribution in [0.3, 0.4) is 0 Å². The zero-order chi connectivity index (χ0) is 17.3. The van der Waals surface area contributed by atoms with Gasteiger partial charge in [0, 0.05) is 51.9 Å². The first-order valence-electron chi connectivity index (χ1n) is 7.08. The smallest absolute Gasteiger partial charge is 0.278 e. The maximum Gasteiger partial charge on any atom is 0.278 e. The predicted octanol–water partition coefficient (Wildman–Crippen LogP) is 0.392. The van der Waals surface area contributed by atoms with Gasteiger partial charge in [-0.3, -0.25) is 23.6 Å². The third-order valence-corrected chi connectivity index (χ3v) is 3.20. The molecule has 10 heteroatoms. The number of rotatable bonds is 4. The van der Waals surface area contributed by atoms with Gasteiger partial charge >= 0.3 is 0 Å². The summed E-state index contributed by atoms with van der Waals surface area (Å²) in [6.45, 7) is 0. The van der Waals surface area contributed by atoms with Gasteiger partial charge in [0.05, 0.1) is 5.56 Å². The van der Waals surface area contributed by atoms with E-state index in [1.165, 1.54) is 10.9 Å². The molecule has 0 unspecified atom stereocenters. The number of nitrogens with one attached hydrogen (secondary N) is 2. The summed E-state index contributed by atoms with van der Waals surface area (Å²) in [5, 5.41) is 17.4. The fourth-order valence-electron chi connectivity index (χ4n) is 2.14. The fraction of sp³-hybridized carbons (Fsp3) is 0.214. The minimum Gasteiger partial charge on any atom is -0.305 e. The lowest BCUT2D eigenvalue weighted by Crippen LogP contribution is -2.20. The molecule has 0 aliphatic carbocycles. The number of aromatic nitrogens is 6. The van der Waals surface area contributed by atoms with Crippen molar-refractivity contribution in [2.75, 3.05) is 10.6 Å². The summed E-state index contributed by atoms with van der Waals surface area (Å²) >= 11 is 0. The molecule has 3 rings (SSSR count). The minimum absolute atomic E-state index is 0.0107. The third kappa shape index (κ3) is 3.16. The van der Waals surface area contributed by atoms with Crippen molar-refractivity contribution in [1.29, 1.82) is 0 Å². The van der Waals surface area contributed by atoms with Gasteiger partial charge in [0.1, 0.15) is 0 Å². The Hall–Kier alpha value is -3.43. The van der Waals surface area contributed by atoms with E-state index in [0.29, 0.717) is 11.6 Å². The highest BCUT2D eigenvalue weighted by atomic mass is 16.2. The highest BCUT2D eigenvalue weighted by molar-refractivity contribution is 6.13. The van der Waals surface area contributed by atoms with Crippen LogP contribution in [0.1, 0.15) is 20.8 Å². The fourth-order valence-corrected chi connectivity index (χ4v) is 2.14. The maximum atomic E-state index is 12.4. The molecule has 0 spiro atoms. The van der Waals surface area contributed by atoms with Gasteiger partial charge in [-0.05, 0) is 0 Å². The molecule has 10 nitrogen and oxygen atoms in total. The van der Waals surface area contributed by atoms with Crippen molar-refractivity contribution >= 4 is 23.5 Å². The van der Waals surface area contributed by atoms with Crippen molar-refractivity contribution in [3.05, 3.63) is 42.0 Å². The van der Waals surface area contributed by atoms with E-state index in [-0.39, 0.29) is 11.3 Å². The van der Waals surface area contributed by atoms with Crippen molar-refractivity contribution in [3.8, 4) is 0 Å². The summed E-state index contributed by atoms with van der Waals surface area (Å²) in [5.74, 6) is -0.208. The van der Waals surface area contributed by atoms with E-state index in [2.05, 4.69) is 25.9 Å². The first kappa shape index (κ1) is 15.5. The van der Waals surface area contributed by atoms with E-state index in [4.69, 9.17) is 0 Å². The van der Waals surface area contributed by atoms with E-state index < -0.39 is 11.8 Å². The number of carbonyl (C=O) groups excluding carboxylic acids is 2. The zero-order valence-corrected chi connectivity index (χ0v) is 13.4. The summed E-state index contributed by atoms with van der Waals surface area (Å²) in [5.41, 5.74) is 0.160. The predicted molar refractivity (Wildman–Crippen MR) is 85.5 cm³/mol. The topological polar surface area (TPSA) is 112 Å². The summed E-state index contributed by atoms with van der Waals surface area (Å²) in [6, 6.07) is 3.30. The molecule has 3 heterocycles. The lowest BCUT2D eigenvalue weighted by Gasteiger charge is -2.03. The quantitative estimate of drug-likeness (QED) is 0.719. The minimum atomic E-state index is -0.513. The first-order valence-corrected chi connectivity index (χ1v) is 7.08. The Labute approximate surface area is 137 Å². The van der Waals surface area contributed by atoms with Gasteiger partial charge < -0.3 is 10.6 Å². The van der Waals surface area contributed by atoms with Gasteiger partial charge in [-0.15, -0.1) is 0 Å². The van der Waals surface area contributed by atoms with E-state index in [0.717, 1.165) is 0 Å². The van der Waals surface area contributed by atoms with Crippen LogP contribution < -0.4 is 10.6 Å². The van der Waals surface area contributed by atoms with Gasteiger partial charge in [-0.2, -0.15) is 15.3 Å². The molecule has 0 atom stereocenters. The highest BCUT2D eigenvalue weighted by Gasteiger charge is 2.22. The Morgan fingerprint density at radius 3 is 1.88 bits per heavy atom. The molecule has 124 valence electrons. The van der Waals surface area contributed by atoms with E-state index in [1.54, 1.807) is 55.0 Å². The number of hydrogen-bond donors (Lipinski definition) is 2. The number of hydrogen-bond acceptors (Lipinski definition) is 5. The second-order valence-electron chi connectivity index (χ2n) is 5.22. The molecule has 3 aromatic heterocycles. The van der Waals surface area contributed by atoms with E-state index >= 15 is 0 Å². The van der Waals surface area contributed by atoms with Crippen LogP contribution in [0.5, 0.6) is 0 Å².